The second-order valence-electron chi connectivity index (χ2n) is 3.16. The third-order valence-corrected chi connectivity index (χ3v) is 2.64. The predicted octanol–water partition coefficient (Wildman–Crippen LogP) is 3.03. The van der Waals surface area contributed by atoms with Crippen LogP contribution in [0.25, 0.3) is 10.9 Å². The molecule has 0 fully saturated rings. The van der Waals surface area contributed by atoms with Crippen molar-refractivity contribution in [3.63, 3.8) is 0 Å². The highest BCUT2D eigenvalue weighted by molar-refractivity contribution is 6.37. The first kappa shape index (κ1) is 10.3. The monoisotopic (exact) mass is 243 g/mol. The van der Waals surface area contributed by atoms with E-state index in [1.807, 2.05) is 0 Å². The summed E-state index contributed by atoms with van der Waals surface area (Å²) in [5.74, 6) is -0.904. The Balaban J connectivity index is 2.62. The van der Waals surface area contributed by atoms with E-state index in [0.717, 1.165) is 10.9 Å². The molecule has 2 rings (SSSR count). The fourth-order valence-corrected chi connectivity index (χ4v) is 1.94. The van der Waals surface area contributed by atoms with Crippen molar-refractivity contribution in [3.8, 4) is 0 Å². The molecule has 1 aromatic carbocycles. The maximum atomic E-state index is 10.6. The van der Waals surface area contributed by atoms with Crippen LogP contribution in [-0.2, 0) is 11.3 Å². The fraction of sp³-hybridized carbons (Fsp3) is 0.100. The minimum absolute atomic E-state index is 0.106. The summed E-state index contributed by atoms with van der Waals surface area (Å²) < 4.78 is 1.58. The van der Waals surface area contributed by atoms with Crippen molar-refractivity contribution in [2.75, 3.05) is 0 Å². The van der Waals surface area contributed by atoms with Crippen LogP contribution in [0.1, 0.15) is 0 Å². The van der Waals surface area contributed by atoms with Gasteiger partial charge in [0.15, 0.2) is 0 Å². The smallest absolute Gasteiger partial charge is 0.323 e. The Hall–Kier alpha value is -1.19. The summed E-state index contributed by atoms with van der Waals surface area (Å²) in [4.78, 5) is 10.6. The Kier molecular flexibility index (Phi) is 2.59. The van der Waals surface area contributed by atoms with Crippen molar-refractivity contribution in [2.45, 2.75) is 6.54 Å². The van der Waals surface area contributed by atoms with Crippen molar-refractivity contribution < 1.29 is 9.90 Å². The number of aliphatic carboxylic acids is 1. The van der Waals surface area contributed by atoms with Crippen LogP contribution >= 0.6 is 23.2 Å². The summed E-state index contributed by atoms with van der Waals surface area (Å²) in [5.41, 5.74) is 0.770. The van der Waals surface area contributed by atoms with E-state index in [4.69, 9.17) is 28.3 Å². The van der Waals surface area contributed by atoms with E-state index >= 15 is 0 Å². The second kappa shape index (κ2) is 3.76. The molecule has 0 spiro atoms. The van der Waals surface area contributed by atoms with E-state index in [2.05, 4.69) is 0 Å². The number of fused-ring (bicyclic) bond motifs is 1. The molecule has 2 aromatic rings. The zero-order valence-corrected chi connectivity index (χ0v) is 9.09. The van der Waals surface area contributed by atoms with Gasteiger partial charge in [0.2, 0.25) is 0 Å². The largest absolute Gasteiger partial charge is 0.480 e. The van der Waals surface area contributed by atoms with Gasteiger partial charge in [0.25, 0.3) is 0 Å². The van der Waals surface area contributed by atoms with Gasteiger partial charge < -0.3 is 9.67 Å². The minimum Gasteiger partial charge on any atom is -0.480 e. The number of carboxylic acid groups (broad SMARTS) is 1. The van der Waals surface area contributed by atoms with Gasteiger partial charge in [-0.15, -0.1) is 0 Å². The van der Waals surface area contributed by atoms with Crippen LogP contribution in [0, 0.1) is 0 Å². The van der Waals surface area contributed by atoms with E-state index in [1.54, 1.807) is 29.0 Å². The Morgan fingerprint density at radius 3 is 2.80 bits per heavy atom. The number of aromatic nitrogens is 1. The van der Waals surface area contributed by atoms with Gasteiger partial charge in [-0.1, -0.05) is 23.2 Å². The third-order valence-electron chi connectivity index (χ3n) is 2.10. The molecule has 0 saturated carbocycles. The van der Waals surface area contributed by atoms with Crippen molar-refractivity contribution in [1.29, 1.82) is 0 Å². The molecule has 0 radical (unpaired) electrons. The number of hydrogen-bond acceptors (Lipinski definition) is 1. The standard InChI is InChI=1S/C10H7Cl2NO2/c11-6-1-2-9-7(3-6)8(12)4-13(9)5-10(14)15/h1-4H,5H2,(H,14,15). The maximum Gasteiger partial charge on any atom is 0.323 e. The van der Waals surface area contributed by atoms with E-state index in [1.165, 1.54) is 0 Å². The number of hydrogen-bond donors (Lipinski definition) is 1. The Morgan fingerprint density at radius 2 is 2.13 bits per heavy atom. The average molecular weight is 244 g/mol. The van der Waals surface area contributed by atoms with Crippen LogP contribution < -0.4 is 0 Å². The van der Waals surface area contributed by atoms with Crippen molar-refractivity contribution in [1.82, 2.24) is 4.57 Å². The lowest BCUT2D eigenvalue weighted by Crippen LogP contribution is -2.06. The normalized spacial score (nSPS) is 10.8. The Bertz CT molecular complexity index is 533. The summed E-state index contributed by atoms with van der Waals surface area (Å²) >= 11 is 11.8. The molecule has 78 valence electrons. The Labute approximate surface area is 95.8 Å². The summed E-state index contributed by atoms with van der Waals surface area (Å²) in [6, 6.07) is 5.18. The van der Waals surface area contributed by atoms with Gasteiger partial charge in [-0.3, -0.25) is 4.79 Å². The molecule has 0 unspecified atom stereocenters. The van der Waals surface area contributed by atoms with E-state index in [-0.39, 0.29) is 6.54 Å². The van der Waals surface area contributed by atoms with Crippen LogP contribution in [0.5, 0.6) is 0 Å². The van der Waals surface area contributed by atoms with Crippen LogP contribution in [0.3, 0.4) is 0 Å². The summed E-state index contributed by atoms with van der Waals surface area (Å²) in [6.07, 6.45) is 1.59. The first-order valence-electron chi connectivity index (χ1n) is 4.23. The topological polar surface area (TPSA) is 42.2 Å². The molecule has 3 nitrogen and oxygen atoms in total. The van der Waals surface area contributed by atoms with Gasteiger partial charge in [-0.05, 0) is 18.2 Å². The summed E-state index contributed by atoms with van der Waals surface area (Å²) in [5, 5.41) is 10.6. The molecule has 0 aliphatic rings. The molecular weight excluding hydrogens is 237 g/mol. The van der Waals surface area contributed by atoms with E-state index in [9.17, 15) is 4.79 Å². The summed E-state index contributed by atoms with van der Waals surface area (Å²) in [6.45, 7) is -0.106. The zero-order valence-electron chi connectivity index (χ0n) is 7.58. The number of nitrogens with zero attached hydrogens (tertiary/aromatic N) is 1. The minimum atomic E-state index is -0.904. The lowest BCUT2D eigenvalue weighted by molar-refractivity contribution is -0.137. The molecule has 0 bridgehead atoms. The van der Waals surface area contributed by atoms with Crippen molar-refractivity contribution >= 4 is 40.1 Å². The SMILES string of the molecule is O=C(O)Cn1cc(Cl)c2cc(Cl)ccc21. The molecule has 0 atom stereocenters. The van der Waals surface area contributed by atoms with Crippen LogP contribution in [0.15, 0.2) is 24.4 Å². The van der Waals surface area contributed by atoms with Gasteiger partial charge in [-0.2, -0.15) is 0 Å². The number of carbonyl (C=O) groups is 1. The quantitative estimate of drug-likeness (QED) is 0.882. The van der Waals surface area contributed by atoms with Gasteiger partial charge in [-0.25, -0.2) is 0 Å². The van der Waals surface area contributed by atoms with Gasteiger partial charge in [0.1, 0.15) is 6.54 Å². The molecule has 1 N–H and O–H groups in total. The van der Waals surface area contributed by atoms with Gasteiger partial charge >= 0.3 is 5.97 Å². The van der Waals surface area contributed by atoms with Crippen molar-refractivity contribution in [3.05, 3.63) is 34.4 Å². The third kappa shape index (κ3) is 1.94. The predicted molar refractivity (Wildman–Crippen MR) is 59.6 cm³/mol. The highest BCUT2D eigenvalue weighted by Crippen LogP contribution is 2.28. The van der Waals surface area contributed by atoms with E-state index < -0.39 is 5.97 Å². The average Bonchev–Trinajstić information content (AvgIpc) is 2.42. The highest BCUT2D eigenvalue weighted by atomic mass is 35.5. The zero-order chi connectivity index (χ0) is 11.0. The lowest BCUT2D eigenvalue weighted by atomic mass is 10.2. The molecule has 0 saturated heterocycles. The fourth-order valence-electron chi connectivity index (χ4n) is 1.50. The van der Waals surface area contributed by atoms with E-state index in [0.29, 0.717) is 10.0 Å². The summed E-state index contributed by atoms with van der Waals surface area (Å²) in [7, 11) is 0. The Morgan fingerprint density at radius 1 is 1.40 bits per heavy atom. The number of halogens is 2. The number of carboxylic acids is 1. The number of rotatable bonds is 2. The lowest BCUT2D eigenvalue weighted by Gasteiger charge is -2.00. The van der Waals surface area contributed by atoms with Gasteiger partial charge in [0, 0.05) is 16.6 Å². The molecule has 0 aliphatic carbocycles. The first-order chi connectivity index (χ1) is 7.08. The molecule has 1 heterocycles. The van der Waals surface area contributed by atoms with Crippen LogP contribution in [0.2, 0.25) is 10.0 Å². The van der Waals surface area contributed by atoms with Crippen LogP contribution in [-0.4, -0.2) is 15.6 Å². The highest BCUT2D eigenvalue weighted by Gasteiger charge is 2.09. The number of benzene rings is 1. The molecule has 15 heavy (non-hydrogen) atoms. The molecular formula is C10H7Cl2NO2. The molecule has 5 heteroatoms. The maximum absolute atomic E-state index is 10.6. The first-order valence-corrected chi connectivity index (χ1v) is 4.99. The van der Waals surface area contributed by atoms with Crippen molar-refractivity contribution in [2.24, 2.45) is 0 Å². The van der Waals surface area contributed by atoms with Gasteiger partial charge in [0.05, 0.1) is 10.5 Å². The molecule has 1 aromatic heterocycles. The molecule has 0 amide bonds. The second-order valence-corrected chi connectivity index (χ2v) is 4.00. The van der Waals surface area contributed by atoms with Crippen LogP contribution in [0.4, 0.5) is 0 Å². The molecule has 0 aliphatic heterocycles.